The lowest BCUT2D eigenvalue weighted by Crippen LogP contribution is -2.38. The number of benzene rings is 1. The highest BCUT2D eigenvalue weighted by atomic mass is 16.5. The summed E-state index contributed by atoms with van der Waals surface area (Å²) in [6, 6.07) is 5.05. The van der Waals surface area contributed by atoms with Crippen LogP contribution in [0.25, 0.3) is 0 Å². The summed E-state index contributed by atoms with van der Waals surface area (Å²) in [6.45, 7) is 1.75. The fourth-order valence-corrected chi connectivity index (χ4v) is 2.30. The van der Waals surface area contributed by atoms with Crippen LogP contribution in [0.5, 0.6) is 5.75 Å². The van der Waals surface area contributed by atoms with Crippen LogP contribution in [0.1, 0.15) is 16.2 Å². The number of nitrogens with two attached hydrogens (primary N) is 1. The van der Waals surface area contributed by atoms with Gasteiger partial charge in [0.15, 0.2) is 5.82 Å². The van der Waals surface area contributed by atoms with Crippen molar-refractivity contribution in [3.05, 3.63) is 35.9 Å². The van der Waals surface area contributed by atoms with E-state index in [1.807, 2.05) is 4.57 Å². The van der Waals surface area contributed by atoms with Gasteiger partial charge in [0.2, 0.25) is 0 Å². The number of ether oxygens (including phenoxy) is 1. The molecule has 0 aliphatic carbocycles. The number of fused-ring (bicyclic) bond motifs is 1. The molecule has 2 heterocycles. The summed E-state index contributed by atoms with van der Waals surface area (Å²) < 4.78 is 7.18. The minimum Gasteiger partial charge on any atom is -0.496 e. The number of nitrogen functional groups attached to an aromatic ring is 1. The van der Waals surface area contributed by atoms with Crippen LogP contribution in [0.3, 0.4) is 0 Å². The molecule has 20 heavy (non-hydrogen) atoms. The van der Waals surface area contributed by atoms with E-state index in [9.17, 15) is 4.79 Å². The molecule has 0 atom stereocenters. The van der Waals surface area contributed by atoms with Gasteiger partial charge in [-0.2, -0.15) is 0 Å². The van der Waals surface area contributed by atoms with Crippen LogP contribution in [0.15, 0.2) is 24.5 Å². The SMILES string of the molecule is COc1ccc(N)cc1C(=O)N1CCn2cnnc2C1. The highest BCUT2D eigenvalue weighted by Gasteiger charge is 2.25. The number of rotatable bonds is 2. The van der Waals surface area contributed by atoms with E-state index < -0.39 is 0 Å². The van der Waals surface area contributed by atoms with Gasteiger partial charge in [0.1, 0.15) is 12.1 Å². The molecule has 0 fully saturated rings. The Labute approximate surface area is 116 Å². The number of hydrogen-bond acceptors (Lipinski definition) is 5. The van der Waals surface area contributed by atoms with Gasteiger partial charge in [0.25, 0.3) is 5.91 Å². The van der Waals surface area contributed by atoms with E-state index in [4.69, 9.17) is 10.5 Å². The van der Waals surface area contributed by atoms with E-state index >= 15 is 0 Å². The minimum absolute atomic E-state index is 0.108. The lowest BCUT2D eigenvalue weighted by Gasteiger charge is -2.27. The number of amides is 1. The summed E-state index contributed by atoms with van der Waals surface area (Å²) in [5.41, 5.74) is 6.77. The Hall–Kier alpha value is -2.57. The van der Waals surface area contributed by atoms with Crippen molar-refractivity contribution in [2.24, 2.45) is 0 Å². The second-order valence-electron chi connectivity index (χ2n) is 4.63. The third-order valence-electron chi connectivity index (χ3n) is 3.38. The third kappa shape index (κ3) is 2.07. The fourth-order valence-electron chi connectivity index (χ4n) is 2.30. The molecule has 1 aromatic heterocycles. The van der Waals surface area contributed by atoms with Crippen molar-refractivity contribution < 1.29 is 9.53 Å². The molecule has 0 bridgehead atoms. The monoisotopic (exact) mass is 273 g/mol. The number of carbonyl (C=O) groups is 1. The molecule has 2 N–H and O–H groups in total. The minimum atomic E-state index is -0.108. The van der Waals surface area contributed by atoms with Crippen LogP contribution in [0, 0.1) is 0 Å². The predicted molar refractivity (Wildman–Crippen MR) is 72.2 cm³/mol. The van der Waals surface area contributed by atoms with Crippen molar-refractivity contribution in [3.63, 3.8) is 0 Å². The van der Waals surface area contributed by atoms with Crippen LogP contribution in [-0.2, 0) is 13.1 Å². The highest BCUT2D eigenvalue weighted by Crippen LogP contribution is 2.24. The first kappa shape index (κ1) is 12.5. The van der Waals surface area contributed by atoms with Crippen LogP contribution in [-0.4, -0.2) is 39.2 Å². The zero-order valence-corrected chi connectivity index (χ0v) is 11.1. The average molecular weight is 273 g/mol. The van der Waals surface area contributed by atoms with Crippen molar-refractivity contribution >= 4 is 11.6 Å². The van der Waals surface area contributed by atoms with Gasteiger partial charge in [0.05, 0.1) is 19.2 Å². The van der Waals surface area contributed by atoms with Crippen molar-refractivity contribution in [3.8, 4) is 5.75 Å². The quantitative estimate of drug-likeness (QED) is 0.806. The molecule has 7 heteroatoms. The van der Waals surface area contributed by atoms with Crippen molar-refractivity contribution in [1.82, 2.24) is 19.7 Å². The maximum atomic E-state index is 12.6. The van der Waals surface area contributed by atoms with Crippen LogP contribution >= 0.6 is 0 Å². The maximum Gasteiger partial charge on any atom is 0.258 e. The lowest BCUT2D eigenvalue weighted by molar-refractivity contribution is 0.0704. The molecule has 0 saturated heterocycles. The summed E-state index contributed by atoms with van der Waals surface area (Å²) in [6.07, 6.45) is 1.68. The Morgan fingerprint density at radius 3 is 3.05 bits per heavy atom. The largest absolute Gasteiger partial charge is 0.496 e. The van der Waals surface area contributed by atoms with E-state index in [0.717, 1.165) is 5.82 Å². The molecule has 0 spiro atoms. The molecule has 0 unspecified atom stereocenters. The van der Waals surface area contributed by atoms with E-state index in [0.29, 0.717) is 36.6 Å². The Balaban J connectivity index is 1.88. The second kappa shape index (κ2) is 4.84. The second-order valence-corrected chi connectivity index (χ2v) is 4.63. The Morgan fingerprint density at radius 2 is 2.25 bits per heavy atom. The zero-order valence-electron chi connectivity index (χ0n) is 11.1. The maximum absolute atomic E-state index is 12.6. The average Bonchev–Trinajstić information content (AvgIpc) is 2.93. The van der Waals surface area contributed by atoms with Gasteiger partial charge in [-0.3, -0.25) is 4.79 Å². The molecule has 1 aliphatic heterocycles. The van der Waals surface area contributed by atoms with Gasteiger partial charge in [-0.05, 0) is 18.2 Å². The van der Waals surface area contributed by atoms with Gasteiger partial charge in [0, 0.05) is 18.8 Å². The normalized spacial score (nSPS) is 13.9. The Morgan fingerprint density at radius 1 is 1.40 bits per heavy atom. The molecule has 0 radical (unpaired) electrons. The standard InChI is InChI=1S/C13H15N5O2/c1-20-11-3-2-9(14)6-10(11)13(19)17-4-5-18-8-15-16-12(18)7-17/h2-3,6,8H,4-5,7,14H2,1H3. The number of anilines is 1. The Kier molecular flexibility index (Phi) is 3.02. The molecule has 104 valence electrons. The smallest absolute Gasteiger partial charge is 0.258 e. The van der Waals surface area contributed by atoms with E-state index in [-0.39, 0.29) is 5.91 Å². The van der Waals surface area contributed by atoms with Gasteiger partial charge in [-0.1, -0.05) is 0 Å². The summed E-state index contributed by atoms with van der Waals surface area (Å²) >= 11 is 0. The number of aromatic nitrogens is 3. The lowest BCUT2D eigenvalue weighted by atomic mass is 10.1. The summed E-state index contributed by atoms with van der Waals surface area (Å²) in [5, 5.41) is 7.85. The highest BCUT2D eigenvalue weighted by molar-refractivity contribution is 5.97. The van der Waals surface area contributed by atoms with Crippen LogP contribution in [0.2, 0.25) is 0 Å². The molecule has 0 saturated carbocycles. The molecule has 1 amide bonds. The van der Waals surface area contributed by atoms with Crippen molar-refractivity contribution in [2.75, 3.05) is 19.4 Å². The van der Waals surface area contributed by atoms with E-state index in [1.165, 1.54) is 7.11 Å². The first-order valence-corrected chi connectivity index (χ1v) is 6.28. The van der Waals surface area contributed by atoms with E-state index in [2.05, 4.69) is 10.2 Å². The number of hydrogen-bond donors (Lipinski definition) is 1. The predicted octanol–water partition coefficient (Wildman–Crippen LogP) is 0.525. The molecule has 7 nitrogen and oxygen atoms in total. The summed E-state index contributed by atoms with van der Waals surface area (Å²) in [4.78, 5) is 14.3. The fraction of sp³-hybridized carbons (Fsp3) is 0.308. The van der Waals surface area contributed by atoms with Gasteiger partial charge in [-0.15, -0.1) is 10.2 Å². The molecular weight excluding hydrogens is 258 g/mol. The van der Waals surface area contributed by atoms with Gasteiger partial charge < -0.3 is 19.9 Å². The molecular formula is C13H15N5O2. The Bertz CT molecular complexity index is 652. The van der Waals surface area contributed by atoms with Gasteiger partial charge >= 0.3 is 0 Å². The number of carbonyl (C=O) groups excluding carboxylic acids is 1. The van der Waals surface area contributed by atoms with Crippen LogP contribution in [0.4, 0.5) is 5.69 Å². The number of methoxy groups -OCH3 is 1. The van der Waals surface area contributed by atoms with Crippen molar-refractivity contribution in [2.45, 2.75) is 13.1 Å². The molecule has 1 aromatic carbocycles. The van der Waals surface area contributed by atoms with Crippen LogP contribution < -0.4 is 10.5 Å². The first-order valence-electron chi connectivity index (χ1n) is 6.28. The summed E-state index contributed by atoms with van der Waals surface area (Å²) in [7, 11) is 1.54. The van der Waals surface area contributed by atoms with Crippen molar-refractivity contribution in [1.29, 1.82) is 0 Å². The first-order chi connectivity index (χ1) is 9.69. The zero-order chi connectivity index (χ0) is 14.1. The number of nitrogens with zero attached hydrogens (tertiary/aromatic N) is 4. The molecule has 3 rings (SSSR count). The molecule has 1 aliphatic rings. The van der Waals surface area contributed by atoms with Gasteiger partial charge in [-0.25, -0.2) is 0 Å². The molecule has 2 aromatic rings. The topological polar surface area (TPSA) is 86.3 Å². The van der Waals surface area contributed by atoms with E-state index in [1.54, 1.807) is 29.4 Å². The summed E-state index contributed by atoms with van der Waals surface area (Å²) in [5.74, 6) is 1.20. The third-order valence-corrected chi connectivity index (χ3v) is 3.38.